The summed E-state index contributed by atoms with van der Waals surface area (Å²) < 4.78 is 5.04. The second-order valence-corrected chi connectivity index (χ2v) is 5.41. The summed E-state index contributed by atoms with van der Waals surface area (Å²) in [6.07, 6.45) is 5.27. The average Bonchev–Trinajstić information content (AvgIpc) is 2.67. The molecule has 0 bridgehead atoms. The number of rotatable bonds is 4. The number of hydrogen-bond acceptors (Lipinski definition) is 6. The fraction of sp³-hybridized carbons (Fsp3) is 0.375. The Morgan fingerprint density at radius 2 is 1.92 bits per heavy atom. The summed E-state index contributed by atoms with van der Waals surface area (Å²) in [5.74, 6) is 1.91. The predicted octanol–water partition coefficient (Wildman–Crippen LogP) is 0.517. The third kappa shape index (κ3) is 3.89. The van der Waals surface area contributed by atoms with Crippen LogP contribution >= 0.6 is 0 Å². The molecule has 2 aromatic heterocycles. The fourth-order valence-corrected chi connectivity index (χ4v) is 2.49. The lowest BCUT2D eigenvalue weighted by Gasteiger charge is -2.35. The van der Waals surface area contributed by atoms with Gasteiger partial charge in [-0.3, -0.25) is 0 Å². The van der Waals surface area contributed by atoms with Gasteiger partial charge in [0.1, 0.15) is 0 Å². The summed E-state index contributed by atoms with van der Waals surface area (Å²) in [6.45, 7) is 3.75. The molecule has 0 saturated carbocycles. The summed E-state index contributed by atoms with van der Waals surface area (Å²) in [6, 6.07) is 5.57. The number of ether oxygens (including phenoxy) is 1. The molecule has 0 atom stereocenters. The number of aromatic nitrogens is 3. The van der Waals surface area contributed by atoms with Gasteiger partial charge in [0.2, 0.25) is 11.8 Å². The zero-order valence-electron chi connectivity index (χ0n) is 13.7. The maximum Gasteiger partial charge on any atom is 0.225 e. The molecule has 1 fully saturated rings. The standard InChI is InChI=1S/C16H21N7O/c1-24-14-4-3-13(11-20-14)12-21-15(17)22-7-9-23(10-8-22)16-18-5-2-6-19-16/h2-6,11H,7-10,12H2,1H3,(H2,17,21). The molecule has 24 heavy (non-hydrogen) atoms. The minimum Gasteiger partial charge on any atom is -0.481 e. The van der Waals surface area contributed by atoms with Crippen molar-refractivity contribution in [3.8, 4) is 5.88 Å². The molecular weight excluding hydrogens is 306 g/mol. The van der Waals surface area contributed by atoms with E-state index in [9.17, 15) is 0 Å². The summed E-state index contributed by atoms with van der Waals surface area (Å²) in [4.78, 5) is 21.4. The monoisotopic (exact) mass is 327 g/mol. The Hall–Kier alpha value is -2.90. The van der Waals surface area contributed by atoms with E-state index in [1.54, 1.807) is 25.7 Å². The molecule has 3 rings (SSSR count). The van der Waals surface area contributed by atoms with Crippen LogP contribution in [0.4, 0.5) is 5.95 Å². The van der Waals surface area contributed by atoms with E-state index in [2.05, 4.69) is 29.7 Å². The summed E-state index contributed by atoms with van der Waals surface area (Å²) in [5, 5.41) is 0. The van der Waals surface area contributed by atoms with E-state index in [1.807, 2.05) is 18.2 Å². The lowest BCUT2D eigenvalue weighted by Crippen LogP contribution is -2.51. The highest BCUT2D eigenvalue weighted by molar-refractivity contribution is 5.78. The number of anilines is 1. The van der Waals surface area contributed by atoms with Crippen LogP contribution in [0.5, 0.6) is 5.88 Å². The summed E-state index contributed by atoms with van der Waals surface area (Å²) in [7, 11) is 1.60. The normalized spacial score (nSPS) is 15.5. The van der Waals surface area contributed by atoms with Crippen LogP contribution in [-0.4, -0.2) is 59.1 Å². The van der Waals surface area contributed by atoms with Crippen LogP contribution < -0.4 is 15.4 Å². The maximum absolute atomic E-state index is 6.12. The van der Waals surface area contributed by atoms with Gasteiger partial charge in [-0.25, -0.2) is 19.9 Å². The summed E-state index contributed by atoms with van der Waals surface area (Å²) >= 11 is 0. The molecule has 0 spiro atoms. The number of pyridine rings is 1. The first kappa shape index (κ1) is 16.0. The molecule has 8 nitrogen and oxygen atoms in total. The SMILES string of the molecule is COc1ccc(CN=C(N)N2CCN(c3ncccn3)CC2)cn1. The zero-order chi connectivity index (χ0) is 16.8. The van der Waals surface area contributed by atoms with Crippen molar-refractivity contribution in [3.05, 3.63) is 42.4 Å². The topological polar surface area (TPSA) is 92.8 Å². The molecule has 2 N–H and O–H groups in total. The Bertz CT molecular complexity index is 667. The Kier molecular flexibility index (Phi) is 5.05. The van der Waals surface area contributed by atoms with E-state index in [0.717, 1.165) is 37.7 Å². The van der Waals surface area contributed by atoms with Crippen molar-refractivity contribution < 1.29 is 4.74 Å². The van der Waals surface area contributed by atoms with Gasteiger partial charge in [0, 0.05) is 50.8 Å². The molecule has 1 saturated heterocycles. The van der Waals surface area contributed by atoms with Crippen molar-refractivity contribution >= 4 is 11.9 Å². The van der Waals surface area contributed by atoms with Gasteiger partial charge >= 0.3 is 0 Å². The second kappa shape index (κ2) is 7.58. The molecule has 2 aromatic rings. The molecule has 1 aliphatic heterocycles. The number of piperazine rings is 1. The lowest BCUT2D eigenvalue weighted by atomic mass is 10.3. The molecule has 0 radical (unpaired) electrons. The molecular formula is C16H21N7O. The minimum atomic E-state index is 0.505. The van der Waals surface area contributed by atoms with E-state index in [-0.39, 0.29) is 0 Å². The number of methoxy groups -OCH3 is 1. The zero-order valence-corrected chi connectivity index (χ0v) is 13.7. The number of hydrogen-bond donors (Lipinski definition) is 1. The molecule has 126 valence electrons. The Labute approximate surface area is 141 Å². The first-order valence-electron chi connectivity index (χ1n) is 7.82. The van der Waals surface area contributed by atoms with Gasteiger partial charge in [0.15, 0.2) is 5.96 Å². The van der Waals surface area contributed by atoms with Crippen molar-refractivity contribution in [3.63, 3.8) is 0 Å². The van der Waals surface area contributed by atoms with Crippen LogP contribution in [0.25, 0.3) is 0 Å². The first-order valence-corrected chi connectivity index (χ1v) is 7.82. The molecule has 1 aliphatic rings. The maximum atomic E-state index is 6.12. The van der Waals surface area contributed by atoms with Crippen molar-refractivity contribution in [1.82, 2.24) is 19.9 Å². The third-order valence-corrected chi connectivity index (χ3v) is 3.87. The van der Waals surface area contributed by atoms with Crippen molar-refractivity contribution in [2.45, 2.75) is 6.54 Å². The van der Waals surface area contributed by atoms with Gasteiger partial charge in [0.25, 0.3) is 0 Å². The van der Waals surface area contributed by atoms with Gasteiger partial charge < -0.3 is 20.3 Å². The van der Waals surface area contributed by atoms with Gasteiger partial charge in [0.05, 0.1) is 13.7 Å². The third-order valence-electron chi connectivity index (χ3n) is 3.87. The highest BCUT2D eigenvalue weighted by Crippen LogP contribution is 2.10. The van der Waals surface area contributed by atoms with Crippen LogP contribution in [0.2, 0.25) is 0 Å². The lowest BCUT2D eigenvalue weighted by molar-refractivity contribution is 0.378. The van der Waals surface area contributed by atoms with E-state index >= 15 is 0 Å². The quantitative estimate of drug-likeness (QED) is 0.646. The molecule has 8 heteroatoms. The molecule has 0 unspecified atom stereocenters. The molecule has 3 heterocycles. The van der Waals surface area contributed by atoms with Crippen molar-refractivity contribution in [2.75, 3.05) is 38.2 Å². The Balaban J connectivity index is 1.53. The number of guanidine groups is 1. The fourth-order valence-electron chi connectivity index (χ4n) is 2.49. The largest absolute Gasteiger partial charge is 0.481 e. The Morgan fingerprint density at radius 3 is 2.54 bits per heavy atom. The first-order chi connectivity index (χ1) is 11.8. The highest BCUT2D eigenvalue weighted by atomic mass is 16.5. The van der Waals surface area contributed by atoms with Gasteiger partial charge in [-0.1, -0.05) is 6.07 Å². The predicted molar refractivity (Wildman–Crippen MR) is 91.9 cm³/mol. The number of nitrogens with two attached hydrogens (primary N) is 1. The van der Waals surface area contributed by atoms with Crippen LogP contribution in [0.1, 0.15) is 5.56 Å². The molecule has 0 aromatic carbocycles. The van der Waals surface area contributed by atoms with Gasteiger partial charge in [-0.05, 0) is 11.6 Å². The molecule has 0 aliphatic carbocycles. The van der Waals surface area contributed by atoms with E-state index in [1.165, 1.54) is 0 Å². The van der Waals surface area contributed by atoms with Gasteiger partial charge in [-0.15, -0.1) is 0 Å². The minimum absolute atomic E-state index is 0.505. The van der Waals surface area contributed by atoms with Crippen molar-refractivity contribution in [2.24, 2.45) is 10.7 Å². The summed E-state index contributed by atoms with van der Waals surface area (Å²) in [5.41, 5.74) is 7.11. The smallest absolute Gasteiger partial charge is 0.225 e. The van der Waals surface area contributed by atoms with E-state index < -0.39 is 0 Å². The van der Waals surface area contributed by atoms with Crippen LogP contribution in [-0.2, 0) is 6.54 Å². The van der Waals surface area contributed by atoms with Crippen LogP contribution in [0.3, 0.4) is 0 Å². The van der Waals surface area contributed by atoms with E-state index in [0.29, 0.717) is 18.4 Å². The van der Waals surface area contributed by atoms with Crippen molar-refractivity contribution in [1.29, 1.82) is 0 Å². The highest BCUT2D eigenvalue weighted by Gasteiger charge is 2.19. The average molecular weight is 327 g/mol. The number of aliphatic imine (C=N–C) groups is 1. The Morgan fingerprint density at radius 1 is 1.17 bits per heavy atom. The van der Waals surface area contributed by atoms with Crippen LogP contribution in [0, 0.1) is 0 Å². The molecule has 0 amide bonds. The van der Waals surface area contributed by atoms with Gasteiger partial charge in [-0.2, -0.15) is 0 Å². The number of nitrogens with zero attached hydrogens (tertiary/aromatic N) is 6. The van der Waals surface area contributed by atoms with E-state index in [4.69, 9.17) is 10.5 Å². The second-order valence-electron chi connectivity index (χ2n) is 5.41. The van der Waals surface area contributed by atoms with Crippen LogP contribution in [0.15, 0.2) is 41.8 Å².